The van der Waals surface area contributed by atoms with E-state index in [-0.39, 0.29) is 17.3 Å². The molecule has 0 fully saturated rings. The van der Waals surface area contributed by atoms with Crippen molar-refractivity contribution >= 4 is 17.4 Å². The maximum Gasteiger partial charge on any atom is 0.418 e. The molecule has 0 aliphatic rings. The van der Waals surface area contributed by atoms with Crippen LogP contribution in [-0.2, 0) is 6.18 Å². The maximum absolute atomic E-state index is 12.9. The van der Waals surface area contributed by atoms with Crippen LogP contribution in [0.1, 0.15) is 16.2 Å². The molecule has 112 valence electrons. The standard InChI is InChI=1S/C13H8F3N5O/c14-13(15,16)8-4-1-2-5-9(8)18-11(22)10-19-12-17-6-3-7-21(12)20-10/h1-7H,(H,18,22). The summed E-state index contributed by atoms with van der Waals surface area (Å²) in [7, 11) is 0. The van der Waals surface area contributed by atoms with Gasteiger partial charge in [0, 0.05) is 12.4 Å². The number of aromatic nitrogens is 4. The Morgan fingerprint density at radius 3 is 2.68 bits per heavy atom. The quantitative estimate of drug-likeness (QED) is 0.789. The number of alkyl halides is 3. The predicted octanol–water partition coefficient (Wildman–Crippen LogP) is 2.40. The van der Waals surface area contributed by atoms with Crippen molar-refractivity contribution in [3.63, 3.8) is 0 Å². The summed E-state index contributed by atoms with van der Waals surface area (Å²) in [6.07, 6.45) is -1.59. The molecule has 3 rings (SSSR count). The summed E-state index contributed by atoms with van der Waals surface area (Å²) in [6, 6.07) is 6.26. The molecule has 0 aliphatic carbocycles. The second-order valence-corrected chi connectivity index (χ2v) is 4.30. The lowest BCUT2D eigenvalue weighted by atomic mass is 10.1. The van der Waals surface area contributed by atoms with Crippen molar-refractivity contribution in [1.29, 1.82) is 0 Å². The fourth-order valence-electron chi connectivity index (χ4n) is 1.85. The summed E-state index contributed by atoms with van der Waals surface area (Å²) in [6.45, 7) is 0. The van der Waals surface area contributed by atoms with Gasteiger partial charge in [0.2, 0.25) is 5.82 Å². The van der Waals surface area contributed by atoms with Crippen molar-refractivity contribution in [2.75, 3.05) is 5.32 Å². The topological polar surface area (TPSA) is 72.2 Å². The van der Waals surface area contributed by atoms with Crippen molar-refractivity contribution in [2.24, 2.45) is 0 Å². The molecule has 0 unspecified atom stereocenters. The molecule has 1 aromatic carbocycles. The van der Waals surface area contributed by atoms with E-state index in [4.69, 9.17) is 0 Å². The molecule has 0 aliphatic heterocycles. The number of fused-ring (bicyclic) bond motifs is 1. The molecule has 0 bridgehead atoms. The molecule has 0 radical (unpaired) electrons. The first-order chi connectivity index (χ1) is 10.4. The minimum atomic E-state index is -4.57. The number of para-hydroxylation sites is 1. The molecule has 9 heteroatoms. The predicted molar refractivity (Wildman–Crippen MR) is 70.2 cm³/mol. The van der Waals surface area contributed by atoms with E-state index in [0.29, 0.717) is 0 Å². The number of benzene rings is 1. The summed E-state index contributed by atoms with van der Waals surface area (Å²) in [5.41, 5.74) is -1.29. The third-order valence-corrected chi connectivity index (χ3v) is 2.80. The van der Waals surface area contributed by atoms with Crippen molar-refractivity contribution in [1.82, 2.24) is 19.6 Å². The van der Waals surface area contributed by atoms with Crippen molar-refractivity contribution in [2.45, 2.75) is 6.18 Å². The van der Waals surface area contributed by atoms with Gasteiger partial charge in [-0.25, -0.2) is 9.50 Å². The highest BCUT2D eigenvalue weighted by Crippen LogP contribution is 2.34. The van der Waals surface area contributed by atoms with Crippen LogP contribution in [0.15, 0.2) is 42.7 Å². The van der Waals surface area contributed by atoms with Gasteiger partial charge in [0.15, 0.2) is 0 Å². The van der Waals surface area contributed by atoms with Crippen molar-refractivity contribution in [3.8, 4) is 0 Å². The summed E-state index contributed by atoms with van der Waals surface area (Å²) in [4.78, 5) is 19.7. The van der Waals surface area contributed by atoms with Crippen LogP contribution in [0.5, 0.6) is 0 Å². The Kier molecular flexibility index (Phi) is 3.24. The monoisotopic (exact) mass is 307 g/mol. The smallest absolute Gasteiger partial charge is 0.319 e. The number of hydrogen-bond acceptors (Lipinski definition) is 4. The summed E-state index contributed by atoms with van der Waals surface area (Å²) >= 11 is 0. The Bertz CT molecular complexity index is 810. The molecule has 3 aromatic rings. The summed E-state index contributed by atoms with van der Waals surface area (Å²) in [5.74, 6) is -0.936. The van der Waals surface area contributed by atoms with E-state index in [9.17, 15) is 18.0 Å². The fraction of sp³-hybridized carbons (Fsp3) is 0.0769. The fourth-order valence-corrected chi connectivity index (χ4v) is 1.85. The lowest BCUT2D eigenvalue weighted by molar-refractivity contribution is -0.136. The van der Waals surface area contributed by atoms with E-state index in [0.717, 1.165) is 12.1 Å². The van der Waals surface area contributed by atoms with Gasteiger partial charge >= 0.3 is 6.18 Å². The number of amides is 1. The van der Waals surface area contributed by atoms with Crippen LogP contribution in [0.3, 0.4) is 0 Å². The van der Waals surface area contributed by atoms with Crippen LogP contribution in [0, 0.1) is 0 Å². The van der Waals surface area contributed by atoms with E-state index in [2.05, 4.69) is 20.4 Å². The number of nitrogens with zero attached hydrogens (tertiary/aromatic N) is 4. The molecular weight excluding hydrogens is 299 g/mol. The number of halogens is 3. The van der Waals surface area contributed by atoms with E-state index < -0.39 is 17.6 Å². The molecule has 2 aromatic heterocycles. The SMILES string of the molecule is O=C(Nc1ccccc1C(F)(F)F)c1nc2ncccn2n1. The second-order valence-electron chi connectivity index (χ2n) is 4.30. The first kappa shape index (κ1) is 14.0. The third kappa shape index (κ3) is 2.60. The van der Waals surface area contributed by atoms with Crippen LogP contribution in [0.4, 0.5) is 18.9 Å². The average Bonchev–Trinajstić information content (AvgIpc) is 2.90. The second kappa shape index (κ2) is 5.10. The zero-order chi connectivity index (χ0) is 15.7. The number of carbonyl (C=O) groups is 1. The van der Waals surface area contributed by atoms with Gasteiger partial charge in [0.25, 0.3) is 11.7 Å². The van der Waals surface area contributed by atoms with Crippen LogP contribution < -0.4 is 5.32 Å². The third-order valence-electron chi connectivity index (χ3n) is 2.80. The van der Waals surface area contributed by atoms with Gasteiger partial charge < -0.3 is 5.32 Å². The lowest BCUT2D eigenvalue weighted by Gasteiger charge is -2.12. The number of rotatable bonds is 2. The van der Waals surface area contributed by atoms with Gasteiger partial charge in [-0.1, -0.05) is 12.1 Å². The average molecular weight is 307 g/mol. The first-order valence-corrected chi connectivity index (χ1v) is 6.10. The number of hydrogen-bond donors (Lipinski definition) is 1. The highest BCUT2D eigenvalue weighted by Gasteiger charge is 2.33. The Hall–Kier alpha value is -2.97. The molecule has 0 saturated carbocycles. The van der Waals surface area contributed by atoms with E-state index in [1.807, 2.05) is 0 Å². The number of carbonyl (C=O) groups excluding carboxylic acids is 1. The largest absolute Gasteiger partial charge is 0.418 e. The van der Waals surface area contributed by atoms with E-state index in [1.54, 1.807) is 6.07 Å². The van der Waals surface area contributed by atoms with Crippen LogP contribution >= 0.6 is 0 Å². The normalized spacial score (nSPS) is 11.6. The van der Waals surface area contributed by atoms with Gasteiger partial charge in [-0.05, 0) is 18.2 Å². The van der Waals surface area contributed by atoms with Gasteiger partial charge in [-0.2, -0.15) is 18.2 Å². The zero-order valence-corrected chi connectivity index (χ0v) is 10.9. The van der Waals surface area contributed by atoms with Crippen LogP contribution in [0.25, 0.3) is 5.78 Å². The van der Waals surface area contributed by atoms with Gasteiger partial charge in [0.05, 0.1) is 11.3 Å². The summed E-state index contributed by atoms with van der Waals surface area (Å²) in [5, 5.41) is 6.02. The highest BCUT2D eigenvalue weighted by atomic mass is 19.4. The molecule has 1 N–H and O–H groups in total. The van der Waals surface area contributed by atoms with Crippen LogP contribution in [0.2, 0.25) is 0 Å². The van der Waals surface area contributed by atoms with E-state index >= 15 is 0 Å². The minimum absolute atomic E-state index is 0.178. The minimum Gasteiger partial charge on any atom is -0.319 e. The molecule has 22 heavy (non-hydrogen) atoms. The Balaban J connectivity index is 1.92. The molecule has 0 spiro atoms. The van der Waals surface area contributed by atoms with Crippen molar-refractivity contribution in [3.05, 3.63) is 54.1 Å². The van der Waals surface area contributed by atoms with Crippen LogP contribution in [-0.4, -0.2) is 25.5 Å². The molecular formula is C13H8F3N5O. The Labute approximate surface area is 121 Å². The molecule has 0 saturated heterocycles. The van der Waals surface area contributed by atoms with Gasteiger partial charge in [-0.15, -0.1) is 5.10 Å². The number of anilines is 1. The Morgan fingerprint density at radius 1 is 1.18 bits per heavy atom. The Morgan fingerprint density at radius 2 is 1.95 bits per heavy atom. The lowest BCUT2D eigenvalue weighted by Crippen LogP contribution is -2.17. The summed E-state index contributed by atoms with van der Waals surface area (Å²) < 4.78 is 39.9. The molecule has 0 atom stereocenters. The zero-order valence-electron chi connectivity index (χ0n) is 10.9. The molecule has 6 nitrogen and oxygen atoms in total. The highest BCUT2D eigenvalue weighted by molar-refractivity contribution is 6.02. The molecule has 1 amide bonds. The van der Waals surface area contributed by atoms with Gasteiger partial charge in [-0.3, -0.25) is 4.79 Å². The number of nitrogens with one attached hydrogen (secondary N) is 1. The van der Waals surface area contributed by atoms with Crippen molar-refractivity contribution < 1.29 is 18.0 Å². The van der Waals surface area contributed by atoms with E-state index in [1.165, 1.54) is 29.0 Å². The first-order valence-electron chi connectivity index (χ1n) is 6.10. The maximum atomic E-state index is 12.9. The van der Waals surface area contributed by atoms with Gasteiger partial charge in [0.1, 0.15) is 0 Å². The molecule has 2 heterocycles.